The molecule has 8 nitrogen and oxygen atoms in total. The summed E-state index contributed by atoms with van der Waals surface area (Å²) in [6, 6.07) is 2.97. The first-order chi connectivity index (χ1) is 13.4. The Kier molecular flexibility index (Phi) is 4.08. The van der Waals surface area contributed by atoms with Crippen LogP contribution in [0.15, 0.2) is 17.0 Å². The second kappa shape index (κ2) is 6.30. The molecule has 0 radical (unpaired) electrons. The number of hydrogen-bond donors (Lipinski definition) is 0. The minimum atomic E-state index is -3.72. The fourth-order valence-electron chi connectivity index (χ4n) is 4.58. The maximum Gasteiger partial charge on any atom is 0.289 e. The van der Waals surface area contributed by atoms with Gasteiger partial charge >= 0.3 is 0 Å². The van der Waals surface area contributed by atoms with Gasteiger partial charge in [-0.15, -0.1) is 0 Å². The summed E-state index contributed by atoms with van der Waals surface area (Å²) < 4.78 is 27.9. The summed E-state index contributed by atoms with van der Waals surface area (Å²) in [6.07, 6.45) is 2.07. The normalized spacial score (nSPS) is 25.1. The molecule has 1 aromatic carbocycles. The van der Waals surface area contributed by atoms with Gasteiger partial charge < -0.3 is 4.90 Å². The summed E-state index contributed by atoms with van der Waals surface area (Å²) in [7, 11) is -3.72. The van der Waals surface area contributed by atoms with E-state index in [1.54, 1.807) is 17.0 Å². The number of imide groups is 1. The van der Waals surface area contributed by atoms with Gasteiger partial charge in [-0.1, -0.05) is 11.8 Å². The maximum absolute atomic E-state index is 13.2. The zero-order valence-corrected chi connectivity index (χ0v) is 16.7. The molecule has 0 N–H and O–H groups in total. The number of anilines is 1. The molecule has 5 rings (SSSR count). The van der Waals surface area contributed by atoms with E-state index in [1.165, 1.54) is 9.21 Å². The Hall–Kier alpha value is -1.91. The Morgan fingerprint density at radius 2 is 1.71 bits per heavy atom. The third-order valence-electron chi connectivity index (χ3n) is 5.94. The number of benzene rings is 1. The quantitative estimate of drug-likeness (QED) is 0.722. The fraction of sp³-hybridized carbons (Fsp3) is 0.500. The average molecular weight is 422 g/mol. The van der Waals surface area contributed by atoms with Crippen molar-refractivity contribution < 1.29 is 22.8 Å². The number of carbonyl (C=O) groups is 3. The van der Waals surface area contributed by atoms with E-state index in [9.17, 15) is 22.8 Å². The van der Waals surface area contributed by atoms with Gasteiger partial charge in [0, 0.05) is 26.1 Å². The van der Waals surface area contributed by atoms with Crippen LogP contribution in [-0.4, -0.2) is 66.1 Å². The number of hydrogen-bond acceptors (Lipinski definition) is 6. The van der Waals surface area contributed by atoms with Gasteiger partial charge in [-0.2, -0.15) is 4.31 Å². The molecule has 0 spiro atoms. The van der Waals surface area contributed by atoms with E-state index in [2.05, 4.69) is 0 Å². The molecule has 4 aliphatic heterocycles. The van der Waals surface area contributed by atoms with E-state index in [1.807, 2.05) is 0 Å². The SMILES string of the molecule is O=C1CCc2cc(S(=O)(=O)N3CC[C@@H](N4C(=O)CSC4=O)C3)cc3c2N1CC3. The van der Waals surface area contributed by atoms with Crippen LogP contribution in [0.1, 0.15) is 24.0 Å². The molecule has 148 valence electrons. The van der Waals surface area contributed by atoms with Crippen LogP contribution in [-0.2, 0) is 32.5 Å². The minimum absolute atomic E-state index is 0.0991. The molecule has 28 heavy (non-hydrogen) atoms. The highest BCUT2D eigenvalue weighted by Gasteiger charge is 2.43. The van der Waals surface area contributed by atoms with Gasteiger partial charge in [0.15, 0.2) is 0 Å². The van der Waals surface area contributed by atoms with Crippen molar-refractivity contribution in [1.29, 1.82) is 0 Å². The Labute approximate surface area is 166 Å². The lowest BCUT2D eigenvalue weighted by atomic mass is 10.00. The van der Waals surface area contributed by atoms with E-state index in [-0.39, 0.29) is 40.8 Å². The molecule has 4 aliphatic rings. The van der Waals surface area contributed by atoms with Crippen LogP contribution in [0.2, 0.25) is 0 Å². The first-order valence-corrected chi connectivity index (χ1v) is 11.7. The first-order valence-electron chi connectivity index (χ1n) is 9.31. The highest BCUT2D eigenvalue weighted by atomic mass is 32.2. The molecule has 4 heterocycles. The molecule has 0 unspecified atom stereocenters. The molecule has 0 saturated carbocycles. The number of nitrogens with zero attached hydrogens (tertiary/aromatic N) is 3. The molecule has 1 aromatic rings. The van der Waals surface area contributed by atoms with Gasteiger partial charge in [0.1, 0.15) is 0 Å². The van der Waals surface area contributed by atoms with Crippen molar-refractivity contribution in [2.45, 2.75) is 36.6 Å². The van der Waals surface area contributed by atoms with Crippen LogP contribution < -0.4 is 4.90 Å². The predicted octanol–water partition coefficient (Wildman–Crippen LogP) is 0.980. The lowest BCUT2D eigenvalue weighted by Crippen LogP contribution is -2.41. The second-order valence-electron chi connectivity index (χ2n) is 7.51. The molecule has 0 aliphatic carbocycles. The highest BCUT2D eigenvalue weighted by molar-refractivity contribution is 8.14. The van der Waals surface area contributed by atoms with Crippen molar-refractivity contribution in [3.8, 4) is 0 Å². The van der Waals surface area contributed by atoms with Crippen molar-refractivity contribution in [2.75, 3.05) is 30.3 Å². The number of aryl methyl sites for hydroxylation is 1. The van der Waals surface area contributed by atoms with Crippen molar-refractivity contribution in [3.05, 3.63) is 23.3 Å². The number of rotatable bonds is 3. The molecule has 0 bridgehead atoms. The van der Waals surface area contributed by atoms with Crippen LogP contribution in [0.3, 0.4) is 0 Å². The third-order valence-corrected chi connectivity index (χ3v) is 8.62. The van der Waals surface area contributed by atoms with Gasteiger partial charge in [-0.05, 0) is 42.5 Å². The zero-order chi connectivity index (χ0) is 19.6. The van der Waals surface area contributed by atoms with Gasteiger partial charge in [0.2, 0.25) is 21.8 Å². The molecule has 10 heteroatoms. The number of amides is 3. The molecule has 3 amide bonds. The predicted molar refractivity (Wildman–Crippen MR) is 103 cm³/mol. The average Bonchev–Trinajstić information content (AvgIpc) is 3.38. The van der Waals surface area contributed by atoms with Crippen LogP contribution in [0.4, 0.5) is 10.5 Å². The summed E-state index contributed by atoms with van der Waals surface area (Å²) in [5, 5.41) is -0.291. The Bertz CT molecular complexity index is 1010. The van der Waals surface area contributed by atoms with Crippen molar-refractivity contribution >= 4 is 44.5 Å². The van der Waals surface area contributed by atoms with Crippen LogP contribution >= 0.6 is 11.8 Å². The van der Waals surface area contributed by atoms with E-state index in [0.29, 0.717) is 32.2 Å². The van der Waals surface area contributed by atoms with E-state index in [0.717, 1.165) is 28.6 Å². The number of carbonyl (C=O) groups excluding carboxylic acids is 3. The fourth-order valence-corrected chi connectivity index (χ4v) is 6.95. The van der Waals surface area contributed by atoms with Crippen LogP contribution in [0.5, 0.6) is 0 Å². The topological polar surface area (TPSA) is 95.1 Å². The second-order valence-corrected chi connectivity index (χ2v) is 10.4. The van der Waals surface area contributed by atoms with Crippen molar-refractivity contribution in [1.82, 2.24) is 9.21 Å². The summed E-state index contributed by atoms with van der Waals surface area (Å²) in [5.41, 5.74) is 2.70. The molecular weight excluding hydrogens is 402 g/mol. The zero-order valence-electron chi connectivity index (χ0n) is 15.1. The summed E-state index contributed by atoms with van der Waals surface area (Å²) in [6.45, 7) is 1.02. The number of sulfonamides is 1. The van der Waals surface area contributed by atoms with E-state index in [4.69, 9.17) is 0 Å². The smallest absolute Gasteiger partial charge is 0.289 e. The third kappa shape index (κ3) is 2.61. The maximum atomic E-state index is 13.2. The first kappa shape index (κ1) is 18.1. The standard InChI is InChI=1S/C18H19N3O5S2/c22-15-2-1-11-7-14(8-12-3-6-20(15)17(11)12)28(25,26)19-5-4-13(9-19)21-16(23)10-27-18(21)24/h7-8,13H,1-6,9-10H2/t13-/m1/s1. The molecule has 0 aromatic heterocycles. The Morgan fingerprint density at radius 1 is 0.964 bits per heavy atom. The molecule has 1 atom stereocenters. The molecular formula is C18H19N3O5S2. The van der Waals surface area contributed by atoms with Crippen LogP contribution in [0, 0.1) is 0 Å². The Morgan fingerprint density at radius 3 is 2.43 bits per heavy atom. The summed E-state index contributed by atoms with van der Waals surface area (Å²) in [4.78, 5) is 39.2. The van der Waals surface area contributed by atoms with Gasteiger partial charge in [0.05, 0.1) is 22.4 Å². The number of thioether (sulfide) groups is 1. The van der Waals surface area contributed by atoms with E-state index < -0.39 is 16.1 Å². The lowest BCUT2D eigenvalue weighted by Gasteiger charge is -2.26. The van der Waals surface area contributed by atoms with Crippen molar-refractivity contribution in [2.24, 2.45) is 0 Å². The lowest BCUT2D eigenvalue weighted by molar-refractivity contribution is -0.126. The Balaban J connectivity index is 1.44. The summed E-state index contributed by atoms with van der Waals surface area (Å²) in [5.74, 6) is -0.0149. The minimum Gasteiger partial charge on any atom is -0.312 e. The largest absolute Gasteiger partial charge is 0.312 e. The monoisotopic (exact) mass is 421 g/mol. The van der Waals surface area contributed by atoms with Gasteiger partial charge in [0.25, 0.3) is 5.24 Å². The van der Waals surface area contributed by atoms with Crippen LogP contribution in [0.25, 0.3) is 0 Å². The summed E-state index contributed by atoms with van der Waals surface area (Å²) >= 11 is 0.968. The highest BCUT2D eigenvalue weighted by Crippen LogP contribution is 2.39. The van der Waals surface area contributed by atoms with Crippen molar-refractivity contribution in [3.63, 3.8) is 0 Å². The molecule has 2 fully saturated rings. The van der Waals surface area contributed by atoms with E-state index >= 15 is 0 Å². The van der Waals surface area contributed by atoms with Gasteiger partial charge in [-0.3, -0.25) is 19.3 Å². The molecule has 2 saturated heterocycles. The van der Waals surface area contributed by atoms with Gasteiger partial charge in [-0.25, -0.2) is 8.42 Å².